The van der Waals surface area contributed by atoms with Gasteiger partial charge in [0.15, 0.2) is 5.82 Å². The maximum absolute atomic E-state index is 4.20. The predicted octanol–water partition coefficient (Wildman–Crippen LogP) is 1.65. The summed E-state index contributed by atoms with van der Waals surface area (Å²) in [5.74, 6) is 0.900. The molecule has 0 unspecified atom stereocenters. The Hall–Kier alpha value is -1.88. The first-order valence-electron chi connectivity index (χ1n) is 6.75. The van der Waals surface area contributed by atoms with Crippen molar-refractivity contribution in [2.45, 2.75) is 18.9 Å². The standard InChI is InChI=1S/C14H19N5/c1-19-10-16-18-14(19)12-4-2-3-5-13(12)17-11-6-8-15-9-7-11/h2-5,10-11,15,17H,6-9H2,1H3. The summed E-state index contributed by atoms with van der Waals surface area (Å²) in [6.45, 7) is 2.17. The quantitative estimate of drug-likeness (QED) is 0.878. The fourth-order valence-electron chi connectivity index (χ4n) is 2.52. The lowest BCUT2D eigenvalue weighted by molar-refractivity contribution is 0.479. The molecule has 19 heavy (non-hydrogen) atoms. The average Bonchev–Trinajstić information content (AvgIpc) is 2.87. The minimum atomic E-state index is 0.538. The van der Waals surface area contributed by atoms with Crippen molar-refractivity contribution < 1.29 is 0 Å². The molecule has 1 aliphatic heterocycles. The highest BCUT2D eigenvalue weighted by molar-refractivity contribution is 5.73. The molecule has 100 valence electrons. The lowest BCUT2D eigenvalue weighted by atomic mass is 10.0. The third kappa shape index (κ3) is 2.61. The first kappa shape index (κ1) is 12.2. The molecule has 0 bridgehead atoms. The van der Waals surface area contributed by atoms with Crippen molar-refractivity contribution in [1.29, 1.82) is 0 Å². The van der Waals surface area contributed by atoms with E-state index < -0.39 is 0 Å². The van der Waals surface area contributed by atoms with Gasteiger partial charge in [-0.2, -0.15) is 0 Å². The van der Waals surface area contributed by atoms with Crippen LogP contribution >= 0.6 is 0 Å². The predicted molar refractivity (Wildman–Crippen MR) is 76.0 cm³/mol. The zero-order chi connectivity index (χ0) is 13.1. The zero-order valence-electron chi connectivity index (χ0n) is 11.1. The molecule has 1 aromatic carbocycles. The number of piperidine rings is 1. The summed E-state index contributed by atoms with van der Waals surface area (Å²) in [4.78, 5) is 0. The summed E-state index contributed by atoms with van der Waals surface area (Å²) in [6, 6.07) is 8.84. The van der Waals surface area contributed by atoms with Gasteiger partial charge in [0.05, 0.1) is 0 Å². The van der Waals surface area contributed by atoms with Crippen molar-refractivity contribution in [3.63, 3.8) is 0 Å². The molecular formula is C14H19N5. The minimum Gasteiger partial charge on any atom is -0.382 e. The third-order valence-electron chi connectivity index (χ3n) is 3.58. The van der Waals surface area contributed by atoms with Gasteiger partial charge in [-0.1, -0.05) is 12.1 Å². The number of hydrogen-bond donors (Lipinski definition) is 2. The largest absolute Gasteiger partial charge is 0.382 e. The lowest BCUT2D eigenvalue weighted by Gasteiger charge is -2.25. The molecular weight excluding hydrogens is 238 g/mol. The molecule has 0 atom stereocenters. The molecule has 1 saturated heterocycles. The Morgan fingerprint density at radius 2 is 2.05 bits per heavy atom. The van der Waals surface area contributed by atoms with Crippen LogP contribution in [0.2, 0.25) is 0 Å². The van der Waals surface area contributed by atoms with Gasteiger partial charge in [-0.15, -0.1) is 10.2 Å². The molecule has 1 aromatic heterocycles. The normalized spacial score (nSPS) is 16.5. The third-order valence-corrected chi connectivity index (χ3v) is 3.58. The van der Waals surface area contributed by atoms with Crippen LogP contribution in [-0.4, -0.2) is 33.9 Å². The number of aryl methyl sites for hydroxylation is 1. The smallest absolute Gasteiger partial charge is 0.165 e. The Morgan fingerprint density at radius 3 is 2.79 bits per heavy atom. The first-order chi connectivity index (χ1) is 9.34. The van der Waals surface area contributed by atoms with Crippen LogP contribution in [0.5, 0.6) is 0 Å². The molecule has 1 fully saturated rings. The van der Waals surface area contributed by atoms with E-state index in [0.717, 1.165) is 43.0 Å². The van der Waals surface area contributed by atoms with E-state index in [1.807, 2.05) is 17.7 Å². The topological polar surface area (TPSA) is 54.8 Å². The van der Waals surface area contributed by atoms with Gasteiger partial charge in [0, 0.05) is 24.3 Å². The van der Waals surface area contributed by atoms with Crippen LogP contribution < -0.4 is 10.6 Å². The number of rotatable bonds is 3. The number of anilines is 1. The Balaban J connectivity index is 1.87. The fourth-order valence-corrected chi connectivity index (χ4v) is 2.52. The van der Waals surface area contributed by atoms with E-state index in [9.17, 15) is 0 Å². The average molecular weight is 257 g/mol. The van der Waals surface area contributed by atoms with Crippen LogP contribution in [0.15, 0.2) is 30.6 Å². The number of benzene rings is 1. The molecule has 2 N–H and O–H groups in total. The van der Waals surface area contributed by atoms with Crippen LogP contribution in [0.25, 0.3) is 11.4 Å². The number of para-hydroxylation sites is 1. The molecule has 0 aliphatic carbocycles. The van der Waals surface area contributed by atoms with Crippen LogP contribution in [0, 0.1) is 0 Å². The van der Waals surface area contributed by atoms with Gasteiger partial charge in [0.2, 0.25) is 0 Å². The van der Waals surface area contributed by atoms with E-state index in [-0.39, 0.29) is 0 Å². The Morgan fingerprint density at radius 1 is 1.26 bits per heavy atom. The summed E-state index contributed by atoms with van der Waals surface area (Å²) < 4.78 is 1.95. The van der Waals surface area contributed by atoms with Crippen molar-refractivity contribution >= 4 is 5.69 Å². The zero-order valence-corrected chi connectivity index (χ0v) is 11.1. The van der Waals surface area contributed by atoms with E-state index in [2.05, 4.69) is 39.0 Å². The summed E-state index contributed by atoms with van der Waals surface area (Å²) in [5.41, 5.74) is 2.26. The molecule has 5 heteroatoms. The maximum atomic E-state index is 4.20. The molecule has 0 amide bonds. The highest BCUT2D eigenvalue weighted by Crippen LogP contribution is 2.27. The van der Waals surface area contributed by atoms with Gasteiger partial charge in [0.25, 0.3) is 0 Å². The molecule has 0 spiro atoms. The molecule has 2 heterocycles. The molecule has 1 aliphatic rings. The van der Waals surface area contributed by atoms with E-state index in [1.54, 1.807) is 6.33 Å². The van der Waals surface area contributed by atoms with Gasteiger partial charge in [-0.25, -0.2) is 0 Å². The Kier molecular flexibility index (Phi) is 3.46. The Labute approximate surface area is 113 Å². The molecule has 0 saturated carbocycles. The van der Waals surface area contributed by atoms with Crippen molar-refractivity contribution in [2.75, 3.05) is 18.4 Å². The second-order valence-corrected chi connectivity index (χ2v) is 4.98. The molecule has 2 aromatic rings. The van der Waals surface area contributed by atoms with Gasteiger partial charge >= 0.3 is 0 Å². The summed E-state index contributed by atoms with van der Waals surface area (Å²) in [6.07, 6.45) is 4.05. The van der Waals surface area contributed by atoms with Crippen LogP contribution in [0.1, 0.15) is 12.8 Å². The highest BCUT2D eigenvalue weighted by Gasteiger charge is 2.15. The first-order valence-corrected chi connectivity index (χ1v) is 6.75. The second kappa shape index (κ2) is 5.40. The monoisotopic (exact) mass is 257 g/mol. The summed E-state index contributed by atoms with van der Waals surface area (Å²) >= 11 is 0. The van der Waals surface area contributed by atoms with Gasteiger partial charge < -0.3 is 15.2 Å². The number of aromatic nitrogens is 3. The van der Waals surface area contributed by atoms with E-state index in [0.29, 0.717) is 6.04 Å². The minimum absolute atomic E-state index is 0.538. The number of nitrogens with zero attached hydrogens (tertiary/aromatic N) is 3. The second-order valence-electron chi connectivity index (χ2n) is 4.98. The van der Waals surface area contributed by atoms with Gasteiger partial charge in [-0.3, -0.25) is 0 Å². The summed E-state index contributed by atoms with van der Waals surface area (Å²) in [5, 5.41) is 15.2. The van der Waals surface area contributed by atoms with Crippen molar-refractivity contribution in [1.82, 2.24) is 20.1 Å². The Bertz CT molecular complexity index is 542. The van der Waals surface area contributed by atoms with E-state index in [1.165, 1.54) is 0 Å². The maximum Gasteiger partial charge on any atom is 0.165 e. The summed E-state index contributed by atoms with van der Waals surface area (Å²) in [7, 11) is 1.97. The van der Waals surface area contributed by atoms with E-state index >= 15 is 0 Å². The van der Waals surface area contributed by atoms with Gasteiger partial charge in [0.1, 0.15) is 6.33 Å². The highest BCUT2D eigenvalue weighted by atomic mass is 15.2. The van der Waals surface area contributed by atoms with Crippen molar-refractivity contribution in [2.24, 2.45) is 7.05 Å². The van der Waals surface area contributed by atoms with Crippen molar-refractivity contribution in [3.05, 3.63) is 30.6 Å². The lowest BCUT2D eigenvalue weighted by Crippen LogP contribution is -2.35. The van der Waals surface area contributed by atoms with Crippen molar-refractivity contribution in [3.8, 4) is 11.4 Å². The fraction of sp³-hybridized carbons (Fsp3) is 0.429. The number of nitrogens with one attached hydrogen (secondary N) is 2. The van der Waals surface area contributed by atoms with Crippen LogP contribution in [0.4, 0.5) is 5.69 Å². The van der Waals surface area contributed by atoms with Gasteiger partial charge in [-0.05, 0) is 38.1 Å². The molecule has 3 rings (SSSR count). The van der Waals surface area contributed by atoms with Crippen LogP contribution in [0.3, 0.4) is 0 Å². The van der Waals surface area contributed by atoms with Crippen LogP contribution in [-0.2, 0) is 7.05 Å². The molecule has 5 nitrogen and oxygen atoms in total. The SMILES string of the molecule is Cn1cnnc1-c1ccccc1NC1CCNCC1. The molecule has 0 radical (unpaired) electrons. The van der Waals surface area contributed by atoms with E-state index in [4.69, 9.17) is 0 Å². The number of hydrogen-bond acceptors (Lipinski definition) is 4.